The molecule has 3 rings (SSSR count). The lowest BCUT2D eigenvalue weighted by molar-refractivity contribution is -0.117. The topological polar surface area (TPSA) is 73.2 Å². The number of nitrogens with zero attached hydrogens (tertiary/aromatic N) is 2. The highest BCUT2D eigenvalue weighted by atomic mass is 35.5. The van der Waals surface area contributed by atoms with E-state index in [-0.39, 0.29) is 11.5 Å². The van der Waals surface area contributed by atoms with Crippen LogP contribution in [0, 0.1) is 18.3 Å². The van der Waals surface area contributed by atoms with Gasteiger partial charge in [0.2, 0.25) is 5.91 Å². The zero-order chi connectivity index (χ0) is 21.1. The highest BCUT2D eigenvalue weighted by Gasteiger charge is 2.40. The maximum atomic E-state index is 13.3. The maximum absolute atomic E-state index is 13.3. The molecule has 1 aliphatic heterocycles. The number of carbonyl (C=O) groups excluding carboxylic acids is 2. The Hall–Kier alpha value is -2.46. The van der Waals surface area contributed by atoms with Crippen LogP contribution in [0.5, 0.6) is 0 Å². The van der Waals surface area contributed by atoms with Crippen LogP contribution in [0.1, 0.15) is 11.1 Å². The number of aryl methyl sites for hydroxylation is 1. The zero-order valence-electron chi connectivity index (χ0n) is 15.7. The Labute approximate surface area is 183 Å². The Bertz CT molecular complexity index is 1040. The number of rotatable bonds is 4. The molecule has 1 saturated heterocycles. The van der Waals surface area contributed by atoms with Crippen molar-refractivity contribution in [2.75, 3.05) is 11.9 Å². The van der Waals surface area contributed by atoms with Crippen LogP contribution in [0.25, 0.3) is 0 Å². The monoisotopic (exact) mass is 445 g/mol. The van der Waals surface area contributed by atoms with E-state index in [9.17, 15) is 14.9 Å². The number of nitrogens with one attached hydrogen (secondary N) is 1. The van der Waals surface area contributed by atoms with E-state index in [0.29, 0.717) is 27.2 Å². The lowest BCUT2D eigenvalue weighted by Crippen LogP contribution is -2.31. The van der Waals surface area contributed by atoms with Crippen molar-refractivity contribution in [1.29, 1.82) is 5.26 Å². The normalized spacial score (nSPS) is 17.8. The summed E-state index contributed by atoms with van der Waals surface area (Å²) in [6.45, 7) is 1.94. The van der Waals surface area contributed by atoms with Gasteiger partial charge >= 0.3 is 0 Å². The first-order chi connectivity index (χ1) is 13.8. The molecule has 0 aliphatic carbocycles. The second-order valence-corrected chi connectivity index (χ2v) is 8.46. The molecular formula is C21H17Cl2N3O2S. The van der Waals surface area contributed by atoms with Crippen molar-refractivity contribution in [2.45, 2.75) is 18.6 Å². The highest BCUT2D eigenvalue weighted by Crippen LogP contribution is 2.42. The summed E-state index contributed by atoms with van der Waals surface area (Å²) in [5.41, 5.74) is 2.26. The molecule has 2 aromatic rings. The lowest BCUT2D eigenvalue weighted by Gasteiger charge is -2.18. The Morgan fingerprint density at radius 1 is 1.24 bits per heavy atom. The van der Waals surface area contributed by atoms with Gasteiger partial charge < -0.3 is 5.32 Å². The third-order valence-electron chi connectivity index (χ3n) is 4.44. The molecule has 1 N–H and O–H groups in total. The third kappa shape index (κ3) is 4.43. The van der Waals surface area contributed by atoms with Crippen molar-refractivity contribution in [3.8, 4) is 6.07 Å². The van der Waals surface area contributed by atoms with Crippen LogP contribution in [-0.4, -0.2) is 24.1 Å². The molecule has 0 radical (unpaired) electrons. The summed E-state index contributed by atoms with van der Waals surface area (Å²) in [5, 5.41) is 12.8. The van der Waals surface area contributed by atoms with Gasteiger partial charge in [0.05, 0.1) is 5.25 Å². The number of carbonyl (C=O) groups is 2. The molecule has 2 amide bonds. The van der Waals surface area contributed by atoms with Crippen LogP contribution in [0.2, 0.25) is 10.0 Å². The van der Waals surface area contributed by atoms with E-state index >= 15 is 0 Å². The van der Waals surface area contributed by atoms with E-state index in [1.807, 2.05) is 25.1 Å². The van der Waals surface area contributed by atoms with Gasteiger partial charge in [-0.15, -0.1) is 0 Å². The molecule has 0 spiro atoms. The Morgan fingerprint density at radius 3 is 2.55 bits per heavy atom. The number of thioether (sulfide) groups is 1. The number of hydrogen-bond acceptors (Lipinski definition) is 4. The van der Waals surface area contributed by atoms with E-state index in [2.05, 4.69) is 5.32 Å². The first-order valence-electron chi connectivity index (χ1n) is 8.73. The predicted octanol–water partition coefficient (Wildman–Crippen LogP) is 4.47. The number of amides is 2. The van der Waals surface area contributed by atoms with Crippen LogP contribution in [0.4, 0.5) is 5.69 Å². The van der Waals surface area contributed by atoms with Gasteiger partial charge in [0, 0.05) is 22.8 Å². The number of anilines is 1. The quantitative estimate of drug-likeness (QED) is 0.556. The number of halogens is 2. The van der Waals surface area contributed by atoms with Crippen molar-refractivity contribution in [2.24, 2.45) is 0 Å². The van der Waals surface area contributed by atoms with Gasteiger partial charge in [0.25, 0.3) is 5.91 Å². The standard InChI is InChI=1S/C21H17Cl2N3O2S/c1-12-3-6-15(7-4-12)26-20(28)18(10-13-9-14(22)5-8-17(13)23)29-21(26)16(11-24)19(27)25-2/h3-9,18H,10H2,1-2H3,(H,25,27)/b21-16-/t18-/m1/s1. The molecule has 148 valence electrons. The molecule has 0 saturated carbocycles. The SMILES string of the molecule is CNC(=O)/C(C#N)=C1\S[C@H](Cc2cc(Cl)ccc2Cl)C(=O)N1c1ccc(C)cc1. The third-order valence-corrected chi connectivity index (χ3v) is 6.30. The number of likely N-dealkylation sites (N-methyl/N-ethyl adjacent to an activating group) is 1. The second kappa shape index (κ2) is 8.91. The van der Waals surface area contributed by atoms with Crippen LogP contribution in [0.15, 0.2) is 53.1 Å². The van der Waals surface area contributed by atoms with E-state index in [0.717, 1.165) is 11.1 Å². The molecule has 1 atom stereocenters. The molecule has 0 bridgehead atoms. The molecule has 0 unspecified atom stereocenters. The van der Waals surface area contributed by atoms with Crippen molar-refractivity contribution >= 4 is 52.5 Å². The fourth-order valence-corrected chi connectivity index (χ4v) is 4.63. The summed E-state index contributed by atoms with van der Waals surface area (Å²) >= 11 is 13.5. The first kappa shape index (κ1) is 21.3. The molecule has 1 heterocycles. The van der Waals surface area contributed by atoms with Gasteiger partial charge in [0.15, 0.2) is 0 Å². The summed E-state index contributed by atoms with van der Waals surface area (Å²) in [4.78, 5) is 27.0. The fraction of sp³-hybridized carbons (Fsp3) is 0.190. The highest BCUT2D eigenvalue weighted by molar-refractivity contribution is 8.05. The summed E-state index contributed by atoms with van der Waals surface area (Å²) in [5.74, 6) is -0.761. The molecule has 2 aromatic carbocycles. The smallest absolute Gasteiger partial charge is 0.264 e. The van der Waals surface area contributed by atoms with E-state index in [1.54, 1.807) is 30.3 Å². The van der Waals surface area contributed by atoms with Crippen LogP contribution < -0.4 is 10.2 Å². The summed E-state index contributed by atoms with van der Waals surface area (Å²) in [6, 6.07) is 14.4. The van der Waals surface area contributed by atoms with Crippen molar-refractivity contribution in [1.82, 2.24) is 5.32 Å². The number of hydrogen-bond donors (Lipinski definition) is 1. The molecule has 5 nitrogen and oxygen atoms in total. The maximum Gasteiger partial charge on any atom is 0.264 e. The Balaban J connectivity index is 2.06. The van der Waals surface area contributed by atoms with Gasteiger partial charge in [-0.2, -0.15) is 5.26 Å². The summed E-state index contributed by atoms with van der Waals surface area (Å²) < 4.78 is 0. The molecule has 1 aliphatic rings. The van der Waals surface area contributed by atoms with Crippen LogP contribution >= 0.6 is 35.0 Å². The Morgan fingerprint density at radius 2 is 1.93 bits per heavy atom. The zero-order valence-corrected chi connectivity index (χ0v) is 18.0. The van der Waals surface area contributed by atoms with Crippen LogP contribution in [0.3, 0.4) is 0 Å². The predicted molar refractivity (Wildman–Crippen MR) is 117 cm³/mol. The average Bonchev–Trinajstić information content (AvgIpc) is 3.01. The minimum Gasteiger partial charge on any atom is -0.354 e. The van der Waals surface area contributed by atoms with Gasteiger partial charge in [-0.3, -0.25) is 14.5 Å². The van der Waals surface area contributed by atoms with Crippen LogP contribution in [-0.2, 0) is 16.0 Å². The molecular weight excluding hydrogens is 429 g/mol. The first-order valence-corrected chi connectivity index (χ1v) is 10.4. The van der Waals surface area contributed by atoms with Crippen molar-refractivity contribution in [3.63, 3.8) is 0 Å². The number of nitriles is 1. The van der Waals surface area contributed by atoms with Gasteiger partial charge in [-0.05, 0) is 49.2 Å². The van der Waals surface area contributed by atoms with Crippen molar-refractivity contribution in [3.05, 3.63) is 74.2 Å². The molecule has 8 heteroatoms. The average molecular weight is 446 g/mol. The van der Waals surface area contributed by atoms with E-state index < -0.39 is 11.2 Å². The largest absolute Gasteiger partial charge is 0.354 e. The molecule has 1 fully saturated rings. The minimum absolute atomic E-state index is 0.105. The minimum atomic E-state index is -0.546. The molecule has 29 heavy (non-hydrogen) atoms. The Kier molecular flexibility index (Phi) is 6.53. The van der Waals surface area contributed by atoms with E-state index in [4.69, 9.17) is 23.2 Å². The fourth-order valence-electron chi connectivity index (χ4n) is 2.94. The van der Waals surface area contributed by atoms with Gasteiger partial charge in [0.1, 0.15) is 16.7 Å². The van der Waals surface area contributed by atoms with Gasteiger partial charge in [-0.1, -0.05) is 52.7 Å². The van der Waals surface area contributed by atoms with E-state index in [1.165, 1.54) is 23.7 Å². The summed E-state index contributed by atoms with van der Waals surface area (Å²) in [7, 11) is 1.45. The lowest BCUT2D eigenvalue weighted by atomic mass is 10.1. The number of benzene rings is 2. The van der Waals surface area contributed by atoms with Gasteiger partial charge in [-0.25, -0.2) is 0 Å². The van der Waals surface area contributed by atoms with Crippen molar-refractivity contribution < 1.29 is 9.59 Å². The molecule has 0 aromatic heterocycles. The summed E-state index contributed by atoms with van der Waals surface area (Å²) in [6.07, 6.45) is 0.321. The second-order valence-electron chi connectivity index (χ2n) is 6.43.